The number of alkyl halides is 3. The Hall–Kier alpha value is -3.26. The largest absolute Gasteiger partial charge is 0.522 e. The van der Waals surface area contributed by atoms with Crippen LogP contribution in [0.1, 0.15) is 38.4 Å². The minimum absolute atomic E-state index is 0.0675. The molecule has 3 fully saturated rings. The van der Waals surface area contributed by atoms with Gasteiger partial charge in [0.25, 0.3) is 5.91 Å². The van der Waals surface area contributed by atoms with Gasteiger partial charge in [-0.1, -0.05) is 26.0 Å². The highest BCUT2D eigenvalue weighted by Gasteiger charge is 2.69. The maximum atomic E-state index is 14.8. The Balaban J connectivity index is 1.56. The number of nitrogens with zero attached hydrogens (tertiary/aromatic N) is 1. The lowest BCUT2D eigenvalue weighted by Crippen LogP contribution is -2.55. The zero-order chi connectivity index (χ0) is 29.6. The Morgan fingerprint density at radius 2 is 1.98 bits per heavy atom. The number of methoxy groups -OCH3 is 1. The Morgan fingerprint density at radius 1 is 1.27 bits per heavy atom. The van der Waals surface area contributed by atoms with Crippen LogP contribution in [0.25, 0.3) is 0 Å². The van der Waals surface area contributed by atoms with Crippen LogP contribution in [-0.4, -0.2) is 78.8 Å². The number of carbonyl (C=O) groups excluding carboxylic acids is 4. The first-order valence-electron chi connectivity index (χ1n) is 12.8. The average molecular weight is 574 g/mol. The lowest BCUT2D eigenvalue weighted by atomic mass is 9.94. The molecule has 3 N–H and O–H groups in total. The van der Waals surface area contributed by atoms with E-state index < -0.39 is 66.4 Å². The molecule has 3 amide bonds. The van der Waals surface area contributed by atoms with Crippen LogP contribution in [0.15, 0.2) is 18.2 Å². The summed E-state index contributed by atoms with van der Waals surface area (Å²) in [6, 6.07) is 1.22. The molecule has 2 saturated heterocycles. The lowest BCUT2D eigenvalue weighted by molar-refractivity contribution is -0.321. The van der Waals surface area contributed by atoms with Gasteiger partial charge in [0.2, 0.25) is 11.8 Å². The van der Waals surface area contributed by atoms with E-state index in [0.717, 1.165) is 4.90 Å². The second-order valence-corrected chi connectivity index (χ2v) is 10.9. The van der Waals surface area contributed by atoms with E-state index in [-0.39, 0.29) is 41.5 Å². The molecule has 14 heteroatoms. The van der Waals surface area contributed by atoms with Crippen LogP contribution in [0.3, 0.4) is 0 Å². The number of likely N-dealkylation sites (tertiary alicyclic amines) is 1. The highest BCUT2D eigenvalue weighted by Crippen LogP contribution is 2.65. The number of fused-ring (bicyclic) bond motifs is 1. The number of aliphatic hydroxyl groups is 1. The molecule has 1 aromatic rings. The summed E-state index contributed by atoms with van der Waals surface area (Å²) in [4.78, 5) is 52.9. The number of nitrogens with one attached hydrogen (secondary N) is 2. The highest BCUT2D eigenvalue weighted by molar-refractivity contribution is 5.95. The first-order valence-corrected chi connectivity index (χ1v) is 12.8. The summed E-state index contributed by atoms with van der Waals surface area (Å²) in [7, 11) is 1.22. The third-order valence-corrected chi connectivity index (χ3v) is 8.27. The maximum Gasteiger partial charge on any atom is 0.522 e. The van der Waals surface area contributed by atoms with Crippen molar-refractivity contribution < 1.29 is 51.3 Å². The van der Waals surface area contributed by atoms with E-state index in [9.17, 15) is 41.8 Å². The molecule has 6 atom stereocenters. The molecule has 220 valence electrons. The average Bonchev–Trinajstić information content (AvgIpc) is 3.23. The first-order chi connectivity index (χ1) is 18.7. The van der Waals surface area contributed by atoms with Crippen LogP contribution in [0, 0.1) is 29.0 Å². The Morgan fingerprint density at radius 3 is 2.58 bits per heavy atom. The van der Waals surface area contributed by atoms with Crippen molar-refractivity contribution in [1.82, 2.24) is 15.5 Å². The quantitative estimate of drug-likeness (QED) is 0.361. The standard InChI is InChI=1S/C26H31F4N3O7/c1-25(2)14-10-33(24(38)21(35)13-5-4-6-17(39-3)19(13)27)20(18(14)25)23(37)32-15(9-12-7-8-31-22(12)36)16(34)11-40-26(28,29)30/h4-6,12,14-15,18,20-21,35H,7-11H2,1-3H3,(H,31,36)(H,32,37)/t12-,14-,15-,18-,20-,21+/m0/s1. The number of ether oxygens (including phenoxy) is 2. The minimum Gasteiger partial charge on any atom is -0.494 e. The molecular formula is C26H31F4N3O7. The molecule has 0 spiro atoms. The lowest BCUT2D eigenvalue weighted by Gasteiger charge is -2.33. The van der Waals surface area contributed by atoms with Crippen molar-refractivity contribution in [2.75, 3.05) is 26.8 Å². The highest BCUT2D eigenvalue weighted by atomic mass is 19.4. The van der Waals surface area contributed by atoms with Crippen LogP contribution < -0.4 is 15.4 Å². The zero-order valence-corrected chi connectivity index (χ0v) is 22.1. The zero-order valence-electron chi connectivity index (χ0n) is 22.1. The van der Waals surface area contributed by atoms with E-state index in [0.29, 0.717) is 13.0 Å². The number of halogens is 4. The van der Waals surface area contributed by atoms with Gasteiger partial charge in [-0.05, 0) is 36.2 Å². The predicted molar refractivity (Wildman–Crippen MR) is 129 cm³/mol. The number of ketones is 1. The number of hydrogen-bond acceptors (Lipinski definition) is 7. The van der Waals surface area contributed by atoms with Crippen LogP contribution >= 0.6 is 0 Å². The molecule has 1 aromatic carbocycles. The van der Waals surface area contributed by atoms with Gasteiger partial charge in [0, 0.05) is 24.6 Å². The van der Waals surface area contributed by atoms with Crippen molar-refractivity contribution in [3.63, 3.8) is 0 Å². The Bertz CT molecular complexity index is 1190. The first kappa shape index (κ1) is 29.7. The van der Waals surface area contributed by atoms with Crippen molar-refractivity contribution in [3.05, 3.63) is 29.6 Å². The summed E-state index contributed by atoms with van der Waals surface area (Å²) in [5, 5.41) is 15.8. The van der Waals surface area contributed by atoms with Crippen molar-refractivity contribution >= 4 is 23.5 Å². The Labute approximate surface area is 227 Å². The molecule has 0 aromatic heterocycles. The van der Waals surface area contributed by atoms with Gasteiger partial charge in [0.15, 0.2) is 23.5 Å². The number of benzene rings is 1. The third kappa shape index (κ3) is 5.78. The molecule has 1 aliphatic carbocycles. The second kappa shape index (κ2) is 11.0. The number of carbonyl (C=O) groups is 4. The summed E-state index contributed by atoms with van der Waals surface area (Å²) in [6.45, 7) is 2.77. The molecule has 0 radical (unpaired) electrons. The molecule has 2 heterocycles. The van der Waals surface area contributed by atoms with Gasteiger partial charge in [0.05, 0.1) is 13.2 Å². The molecule has 10 nitrogen and oxygen atoms in total. The summed E-state index contributed by atoms with van der Waals surface area (Å²) in [5.41, 5.74) is -0.734. The molecule has 40 heavy (non-hydrogen) atoms. The predicted octanol–water partition coefficient (Wildman–Crippen LogP) is 1.47. The molecule has 0 bridgehead atoms. The van der Waals surface area contributed by atoms with Crippen LogP contribution in [0.4, 0.5) is 17.6 Å². The van der Waals surface area contributed by atoms with Gasteiger partial charge >= 0.3 is 6.36 Å². The van der Waals surface area contributed by atoms with E-state index in [1.165, 1.54) is 25.3 Å². The molecular weight excluding hydrogens is 542 g/mol. The number of rotatable bonds is 10. The van der Waals surface area contributed by atoms with Crippen molar-refractivity contribution in [1.29, 1.82) is 0 Å². The molecule has 1 saturated carbocycles. The van der Waals surface area contributed by atoms with Crippen LogP contribution in [0.2, 0.25) is 0 Å². The summed E-state index contributed by atoms with van der Waals surface area (Å²) in [6.07, 6.45) is -6.98. The topological polar surface area (TPSA) is 134 Å². The molecule has 3 aliphatic rings. The van der Waals surface area contributed by atoms with Crippen molar-refractivity contribution in [3.8, 4) is 5.75 Å². The molecule has 4 rings (SSSR count). The molecule has 2 aliphatic heterocycles. The number of Topliss-reactive ketones (excluding diaryl/α,β-unsaturated/α-hetero) is 1. The molecule has 0 unspecified atom stereocenters. The van der Waals surface area contributed by atoms with Gasteiger partial charge in [0.1, 0.15) is 12.6 Å². The smallest absolute Gasteiger partial charge is 0.494 e. The van der Waals surface area contributed by atoms with E-state index in [1.54, 1.807) is 0 Å². The van der Waals surface area contributed by atoms with Crippen LogP contribution in [0.5, 0.6) is 5.75 Å². The summed E-state index contributed by atoms with van der Waals surface area (Å²) >= 11 is 0. The monoisotopic (exact) mass is 573 g/mol. The van der Waals surface area contributed by atoms with Gasteiger partial charge in [-0.3, -0.25) is 23.9 Å². The van der Waals surface area contributed by atoms with Crippen molar-refractivity contribution in [2.45, 2.75) is 51.2 Å². The van der Waals surface area contributed by atoms with E-state index in [2.05, 4.69) is 15.4 Å². The van der Waals surface area contributed by atoms with Crippen molar-refractivity contribution in [2.24, 2.45) is 23.2 Å². The number of piperidine rings is 1. The SMILES string of the molecule is COc1cccc([C@@H](O)C(=O)N2C[C@H]3[C@@H]([C@H]2C(=O)N[C@@H](C[C@@H]2CCNC2=O)C(=O)COC(F)(F)F)C3(C)C)c1F. The minimum atomic E-state index is -5.08. The van der Waals surface area contributed by atoms with E-state index in [1.807, 2.05) is 13.8 Å². The van der Waals surface area contributed by atoms with E-state index >= 15 is 0 Å². The fourth-order valence-corrected chi connectivity index (χ4v) is 5.94. The maximum absolute atomic E-state index is 14.8. The van der Waals surface area contributed by atoms with Crippen LogP contribution in [-0.2, 0) is 23.9 Å². The fourth-order valence-electron chi connectivity index (χ4n) is 5.94. The summed E-state index contributed by atoms with van der Waals surface area (Å²) < 4.78 is 61.1. The van der Waals surface area contributed by atoms with Gasteiger partial charge in [-0.15, -0.1) is 13.2 Å². The number of amides is 3. The number of hydrogen-bond donors (Lipinski definition) is 3. The fraction of sp³-hybridized carbons (Fsp3) is 0.615. The normalized spacial score (nSPS) is 26.5. The van der Waals surface area contributed by atoms with Gasteiger partial charge in [-0.2, -0.15) is 0 Å². The third-order valence-electron chi connectivity index (χ3n) is 8.27. The van der Waals surface area contributed by atoms with Gasteiger partial charge < -0.3 is 25.4 Å². The van der Waals surface area contributed by atoms with E-state index in [4.69, 9.17) is 4.74 Å². The Kier molecular flexibility index (Phi) is 8.14. The summed E-state index contributed by atoms with van der Waals surface area (Å²) in [5.74, 6) is -5.64. The second-order valence-electron chi connectivity index (χ2n) is 10.9. The number of aliphatic hydroxyl groups excluding tert-OH is 1. The van der Waals surface area contributed by atoms with Gasteiger partial charge in [-0.25, -0.2) is 4.39 Å².